The molecule has 0 aliphatic heterocycles. The predicted molar refractivity (Wildman–Crippen MR) is 67.6 cm³/mol. The number of pyridine rings is 1. The minimum Gasteiger partial charge on any atom is -0.468 e. The molecule has 9 heteroatoms. The number of nitro benzene ring substituents is 1. The van der Waals surface area contributed by atoms with Crippen LogP contribution in [0.5, 0.6) is 5.88 Å². The fourth-order valence-corrected chi connectivity index (χ4v) is 2.15. The molecule has 1 aromatic carbocycles. The van der Waals surface area contributed by atoms with Crippen LogP contribution in [0.25, 0.3) is 10.8 Å². The van der Waals surface area contributed by atoms with Gasteiger partial charge in [0.05, 0.1) is 15.7 Å². The number of nitrogens with zero attached hydrogens (tertiary/aromatic N) is 2. The Balaban J connectivity index is 2.57. The van der Waals surface area contributed by atoms with Crippen molar-refractivity contribution in [2.24, 2.45) is 0 Å². The van der Waals surface area contributed by atoms with Crippen LogP contribution in [0, 0.1) is 10.1 Å². The van der Waals surface area contributed by atoms with Gasteiger partial charge in [0, 0.05) is 16.7 Å². The summed E-state index contributed by atoms with van der Waals surface area (Å²) in [6.45, 7) is -1.52. The highest BCUT2D eigenvalue weighted by Gasteiger charge is 2.29. The lowest BCUT2D eigenvalue weighted by Gasteiger charge is -2.11. The van der Waals surface area contributed by atoms with Crippen LogP contribution in [0.3, 0.4) is 0 Å². The number of aromatic nitrogens is 1. The van der Waals surface area contributed by atoms with Crippen LogP contribution in [-0.2, 0) is 0 Å². The van der Waals surface area contributed by atoms with Gasteiger partial charge in [0.25, 0.3) is 5.69 Å². The molecule has 0 aliphatic carbocycles. The maximum Gasteiger partial charge on any atom is 0.422 e. The van der Waals surface area contributed by atoms with Crippen molar-refractivity contribution in [3.8, 4) is 5.88 Å². The zero-order valence-electron chi connectivity index (χ0n) is 9.65. The third-order valence-corrected chi connectivity index (χ3v) is 3.05. The molecule has 0 fully saturated rings. The average Bonchev–Trinajstić information content (AvgIpc) is 2.35. The molecule has 0 saturated carbocycles. The van der Waals surface area contributed by atoms with Crippen LogP contribution < -0.4 is 4.74 Å². The zero-order chi connectivity index (χ0) is 14.9. The smallest absolute Gasteiger partial charge is 0.422 e. The van der Waals surface area contributed by atoms with E-state index < -0.39 is 17.7 Å². The first-order valence-electron chi connectivity index (χ1n) is 5.21. The number of non-ortho nitro benzene ring substituents is 1. The number of nitro groups is 1. The van der Waals surface area contributed by atoms with Crippen molar-refractivity contribution in [2.75, 3.05) is 6.61 Å². The second kappa shape index (κ2) is 5.23. The number of halogens is 4. The first-order chi connectivity index (χ1) is 9.29. The number of alkyl halides is 3. The van der Waals surface area contributed by atoms with Crippen molar-refractivity contribution in [1.29, 1.82) is 0 Å². The molecule has 0 atom stereocenters. The van der Waals surface area contributed by atoms with Crippen molar-refractivity contribution < 1.29 is 22.8 Å². The van der Waals surface area contributed by atoms with Crippen molar-refractivity contribution in [2.45, 2.75) is 6.18 Å². The van der Waals surface area contributed by atoms with Crippen LogP contribution in [0.4, 0.5) is 18.9 Å². The number of benzene rings is 1. The van der Waals surface area contributed by atoms with Gasteiger partial charge in [0.1, 0.15) is 0 Å². The molecule has 0 amide bonds. The van der Waals surface area contributed by atoms with Crippen molar-refractivity contribution >= 4 is 32.4 Å². The number of hydrogen-bond acceptors (Lipinski definition) is 4. The standard InChI is InChI=1S/C11H6BrF3N2O3/c12-7-1-2-8(17(18)19)6-3-4-16-10(9(6)7)20-5-11(13,14)15/h1-4H,5H2. The lowest BCUT2D eigenvalue weighted by Crippen LogP contribution is -2.19. The van der Waals surface area contributed by atoms with E-state index in [0.717, 1.165) is 6.20 Å². The number of fused-ring (bicyclic) bond motifs is 1. The summed E-state index contributed by atoms with van der Waals surface area (Å²) in [6.07, 6.45) is -3.36. The Labute approximate surface area is 118 Å². The van der Waals surface area contributed by atoms with E-state index >= 15 is 0 Å². The Bertz CT molecular complexity index is 676. The highest BCUT2D eigenvalue weighted by molar-refractivity contribution is 9.10. The molecule has 0 N–H and O–H groups in total. The average molecular weight is 351 g/mol. The van der Waals surface area contributed by atoms with Gasteiger partial charge in [-0.2, -0.15) is 13.2 Å². The van der Waals surface area contributed by atoms with Crippen LogP contribution in [0.2, 0.25) is 0 Å². The van der Waals surface area contributed by atoms with Crippen molar-refractivity contribution in [1.82, 2.24) is 4.98 Å². The Morgan fingerprint density at radius 3 is 2.65 bits per heavy atom. The molecule has 0 radical (unpaired) electrons. The molecular weight excluding hydrogens is 345 g/mol. The molecular formula is C11H6BrF3N2O3. The summed E-state index contributed by atoms with van der Waals surface area (Å²) in [5.74, 6) is -0.310. The molecule has 2 aromatic rings. The predicted octanol–water partition coefficient (Wildman–Crippen LogP) is 3.85. The molecule has 0 unspecified atom stereocenters. The molecule has 0 saturated heterocycles. The van der Waals surface area contributed by atoms with E-state index in [1.165, 1.54) is 18.2 Å². The Morgan fingerprint density at radius 1 is 1.35 bits per heavy atom. The molecule has 0 spiro atoms. The van der Waals surface area contributed by atoms with Crippen molar-refractivity contribution in [3.05, 3.63) is 39.0 Å². The van der Waals surface area contributed by atoms with E-state index in [2.05, 4.69) is 25.7 Å². The van der Waals surface area contributed by atoms with Gasteiger partial charge in [-0.05, 0) is 28.1 Å². The van der Waals surface area contributed by atoms with E-state index in [1.54, 1.807) is 0 Å². The van der Waals surface area contributed by atoms with Gasteiger partial charge in [-0.15, -0.1) is 0 Å². The second-order valence-electron chi connectivity index (χ2n) is 3.77. The molecule has 1 heterocycles. The lowest BCUT2D eigenvalue weighted by molar-refractivity contribution is -0.383. The van der Waals surface area contributed by atoms with E-state index in [1.807, 2.05) is 0 Å². The number of ether oxygens (including phenoxy) is 1. The van der Waals surface area contributed by atoms with Gasteiger partial charge in [0.15, 0.2) is 6.61 Å². The van der Waals surface area contributed by atoms with E-state index in [9.17, 15) is 23.3 Å². The topological polar surface area (TPSA) is 65.3 Å². The lowest BCUT2D eigenvalue weighted by atomic mass is 10.1. The van der Waals surface area contributed by atoms with Gasteiger partial charge in [-0.3, -0.25) is 10.1 Å². The zero-order valence-corrected chi connectivity index (χ0v) is 11.2. The number of rotatable bonds is 3. The largest absolute Gasteiger partial charge is 0.468 e. The van der Waals surface area contributed by atoms with Crippen LogP contribution >= 0.6 is 15.9 Å². The SMILES string of the molecule is O=[N+]([O-])c1ccc(Br)c2c(OCC(F)(F)F)nccc12. The normalized spacial score (nSPS) is 11.6. The maximum atomic E-state index is 12.2. The summed E-state index contributed by atoms with van der Waals surface area (Å²) in [6, 6.07) is 3.96. The first-order valence-corrected chi connectivity index (χ1v) is 6.00. The monoisotopic (exact) mass is 350 g/mol. The van der Waals surface area contributed by atoms with Gasteiger partial charge < -0.3 is 4.74 Å². The van der Waals surface area contributed by atoms with Crippen LogP contribution in [-0.4, -0.2) is 22.7 Å². The summed E-state index contributed by atoms with van der Waals surface area (Å²) in [5, 5.41) is 11.2. The Hall–Kier alpha value is -1.90. The molecule has 20 heavy (non-hydrogen) atoms. The quantitative estimate of drug-likeness (QED) is 0.623. The molecule has 0 bridgehead atoms. The highest BCUT2D eigenvalue weighted by Crippen LogP contribution is 2.36. The van der Waals surface area contributed by atoms with Gasteiger partial charge >= 0.3 is 6.18 Å². The molecule has 1 aromatic heterocycles. The summed E-state index contributed by atoms with van der Waals surface area (Å²) in [4.78, 5) is 14.0. The van der Waals surface area contributed by atoms with E-state index in [4.69, 9.17) is 0 Å². The second-order valence-corrected chi connectivity index (χ2v) is 4.62. The highest BCUT2D eigenvalue weighted by atomic mass is 79.9. The van der Waals surface area contributed by atoms with Crippen LogP contribution in [0.15, 0.2) is 28.9 Å². The van der Waals surface area contributed by atoms with E-state index in [0.29, 0.717) is 4.47 Å². The van der Waals surface area contributed by atoms with Gasteiger partial charge in [-0.1, -0.05) is 0 Å². The Morgan fingerprint density at radius 2 is 2.05 bits per heavy atom. The summed E-state index contributed by atoms with van der Waals surface area (Å²) < 4.78 is 41.5. The molecule has 0 aliphatic rings. The first kappa shape index (κ1) is 14.5. The number of hydrogen-bond donors (Lipinski definition) is 0. The molecule has 2 rings (SSSR count). The third-order valence-electron chi connectivity index (χ3n) is 2.39. The molecule has 106 valence electrons. The van der Waals surface area contributed by atoms with Crippen molar-refractivity contribution in [3.63, 3.8) is 0 Å². The van der Waals surface area contributed by atoms with Gasteiger partial charge in [-0.25, -0.2) is 4.98 Å². The minimum atomic E-state index is -4.52. The fourth-order valence-electron chi connectivity index (χ4n) is 1.63. The maximum absolute atomic E-state index is 12.2. The van der Waals surface area contributed by atoms with E-state index in [-0.39, 0.29) is 22.3 Å². The summed E-state index contributed by atoms with van der Waals surface area (Å²) >= 11 is 3.13. The molecule has 5 nitrogen and oxygen atoms in total. The minimum absolute atomic E-state index is 0.131. The fraction of sp³-hybridized carbons (Fsp3) is 0.182. The van der Waals surface area contributed by atoms with Crippen LogP contribution in [0.1, 0.15) is 0 Å². The van der Waals surface area contributed by atoms with Gasteiger partial charge in [0.2, 0.25) is 5.88 Å². The summed E-state index contributed by atoms with van der Waals surface area (Å²) in [5.41, 5.74) is -0.234. The summed E-state index contributed by atoms with van der Waals surface area (Å²) in [7, 11) is 0. The third kappa shape index (κ3) is 2.98. The Kier molecular flexibility index (Phi) is 3.80.